The van der Waals surface area contributed by atoms with Gasteiger partial charge in [0, 0.05) is 28.1 Å². The lowest BCUT2D eigenvalue weighted by atomic mass is 9.70. The van der Waals surface area contributed by atoms with E-state index in [2.05, 4.69) is 54.5 Å². The van der Waals surface area contributed by atoms with Crippen LogP contribution in [0.25, 0.3) is 10.9 Å². The number of benzene rings is 4. The van der Waals surface area contributed by atoms with Gasteiger partial charge in [0.1, 0.15) is 18.1 Å². The molecule has 0 amide bonds. The fourth-order valence-corrected chi connectivity index (χ4v) is 4.46. The number of nitrogens with one attached hydrogen (secondary N) is 1. The number of aromatic hydroxyl groups is 1. The third-order valence-electron chi connectivity index (χ3n) is 6.25. The molecular formula is C29H25NO2. The second-order valence-electron chi connectivity index (χ2n) is 8.19. The van der Waals surface area contributed by atoms with E-state index < -0.39 is 5.41 Å². The van der Waals surface area contributed by atoms with E-state index in [0.29, 0.717) is 6.61 Å². The van der Waals surface area contributed by atoms with E-state index in [1.807, 2.05) is 60.7 Å². The van der Waals surface area contributed by atoms with Crippen molar-refractivity contribution in [3.63, 3.8) is 0 Å². The molecule has 0 saturated carbocycles. The molecule has 4 aromatic carbocycles. The highest BCUT2D eigenvalue weighted by Crippen LogP contribution is 2.45. The van der Waals surface area contributed by atoms with Crippen LogP contribution in [0.2, 0.25) is 0 Å². The molecule has 1 atom stereocenters. The topological polar surface area (TPSA) is 45.2 Å². The maximum absolute atomic E-state index is 10.8. The molecule has 158 valence electrons. The van der Waals surface area contributed by atoms with Crippen molar-refractivity contribution in [3.05, 3.63) is 132 Å². The van der Waals surface area contributed by atoms with Crippen LogP contribution < -0.4 is 4.74 Å². The second-order valence-corrected chi connectivity index (χ2v) is 8.19. The number of para-hydroxylation sites is 2. The number of fused-ring (bicyclic) bond motifs is 1. The van der Waals surface area contributed by atoms with E-state index in [1.165, 1.54) is 0 Å². The Balaban J connectivity index is 1.56. The number of ether oxygens (including phenoxy) is 1. The predicted molar refractivity (Wildman–Crippen MR) is 129 cm³/mol. The lowest BCUT2D eigenvalue weighted by Gasteiger charge is -2.32. The zero-order valence-electron chi connectivity index (χ0n) is 18.0. The SMILES string of the molecule is C[C@@](c1ccc(OCc2ccccc2)cc1)(c1ccccc1O)c1c[nH]c2ccccc12. The number of H-pyrrole nitrogens is 1. The Hall–Kier alpha value is -3.98. The highest BCUT2D eigenvalue weighted by molar-refractivity contribution is 5.86. The van der Waals surface area contributed by atoms with Crippen molar-refractivity contribution in [3.8, 4) is 11.5 Å². The normalized spacial score (nSPS) is 13.0. The number of rotatable bonds is 6. The highest BCUT2D eigenvalue weighted by Gasteiger charge is 2.35. The van der Waals surface area contributed by atoms with Crippen molar-refractivity contribution in [2.75, 3.05) is 0 Å². The summed E-state index contributed by atoms with van der Waals surface area (Å²) in [7, 11) is 0. The van der Waals surface area contributed by atoms with Crippen molar-refractivity contribution >= 4 is 10.9 Å². The van der Waals surface area contributed by atoms with Gasteiger partial charge in [-0.3, -0.25) is 0 Å². The van der Waals surface area contributed by atoms with E-state index >= 15 is 0 Å². The maximum Gasteiger partial charge on any atom is 0.120 e. The second kappa shape index (κ2) is 8.27. The molecule has 32 heavy (non-hydrogen) atoms. The van der Waals surface area contributed by atoms with Gasteiger partial charge in [0.15, 0.2) is 0 Å². The van der Waals surface area contributed by atoms with Crippen molar-refractivity contribution in [1.82, 2.24) is 4.98 Å². The zero-order chi connectivity index (χ0) is 22.0. The van der Waals surface area contributed by atoms with Crippen LogP contribution in [0.1, 0.15) is 29.2 Å². The molecule has 0 aliphatic rings. The largest absolute Gasteiger partial charge is 0.508 e. The van der Waals surface area contributed by atoms with E-state index in [-0.39, 0.29) is 5.75 Å². The highest BCUT2D eigenvalue weighted by atomic mass is 16.5. The number of hydrogen-bond donors (Lipinski definition) is 2. The Kier molecular flexibility index (Phi) is 5.16. The number of aromatic nitrogens is 1. The summed E-state index contributed by atoms with van der Waals surface area (Å²) in [5, 5.41) is 11.9. The standard InChI is InChI=1S/C29H25NO2/c1-29(25-12-6-8-14-28(25)31,26-19-30-27-13-7-5-11-24(26)27)22-15-17-23(18-16-22)32-20-21-9-3-2-4-10-21/h2-19,30-31H,20H2,1H3/t29-/m1/s1. The van der Waals surface area contributed by atoms with Gasteiger partial charge < -0.3 is 14.8 Å². The first kappa shape index (κ1) is 20.0. The number of hydrogen-bond acceptors (Lipinski definition) is 2. The van der Waals surface area contributed by atoms with E-state index in [4.69, 9.17) is 4.74 Å². The molecule has 1 aromatic heterocycles. The minimum atomic E-state index is -0.553. The van der Waals surface area contributed by atoms with Crippen LogP contribution in [-0.4, -0.2) is 10.1 Å². The third-order valence-corrected chi connectivity index (χ3v) is 6.25. The molecular weight excluding hydrogens is 394 g/mol. The molecule has 0 bridgehead atoms. The summed E-state index contributed by atoms with van der Waals surface area (Å²) >= 11 is 0. The molecule has 5 rings (SSSR count). The van der Waals surface area contributed by atoms with Crippen LogP contribution in [0.3, 0.4) is 0 Å². The van der Waals surface area contributed by atoms with Crippen LogP contribution in [0, 0.1) is 0 Å². The Labute approximate surface area is 187 Å². The van der Waals surface area contributed by atoms with Gasteiger partial charge >= 0.3 is 0 Å². The quantitative estimate of drug-likeness (QED) is 0.318. The van der Waals surface area contributed by atoms with Crippen molar-refractivity contribution in [2.24, 2.45) is 0 Å². The molecule has 0 fully saturated rings. The average Bonchev–Trinajstić information content (AvgIpc) is 3.28. The molecule has 0 spiro atoms. The molecule has 0 saturated heterocycles. The summed E-state index contributed by atoms with van der Waals surface area (Å²) in [6, 6.07) is 34.2. The Morgan fingerprint density at radius 2 is 1.44 bits per heavy atom. The molecule has 1 heterocycles. The van der Waals surface area contributed by atoms with Gasteiger partial charge in [0.05, 0.1) is 0 Å². The fraction of sp³-hybridized carbons (Fsp3) is 0.103. The Morgan fingerprint density at radius 3 is 2.22 bits per heavy atom. The van der Waals surface area contributed by atoms with Gasteiger partial charge in [0.2, 0.25) is 0 Å². The summed E-state index contributed by atoms with van der Waals surface area (Å²) in [6.45, 7) is 2.69. The molecule has 0 radical (unpaired) electrons. The number of phenols is 1. The van der Waals surface area contributed by atoms with E-state index in [1.54, 1.807) is 6.07 Å². The molecule has 0 aliphatic carbocycles. The lowest BCUT2D eigenvalue weighted by Crippen LogP contribution is -2.25. The third kappa shape index (κ3) is 3.52. The molecule has 2 N–H and O–H groups in total. The van der Waals surface area contributed by atoms with Crippen LogP contribution in [0.5, 0.6) is 11.5 Å². The first-order chi connectivity index (χ1) is 15.7. The maximum atomic E-state index is 10.8. The Bertz CT molecular complexity index is 1340. The van der Waals surface area contributed by atoms with Gasteiger partial charge in [-0.1, -0.05) is 78.9 Å². The monoisotopic (exact) mass is 419 g/mol. The summed E-state index contributed by atoms with van der Waals surface area (Å²) in [4.78, 5) is 3.40. The summed E-state index contributed by atoms with van der Waals surface area (Å²) in [5.74, 6) is 1.10. The van der Waals surface area contributed by atoms with Crippen molar-refractivity contribution < 1.29 is 9.84 Å². The smallest absolute Gasteiger partial charge is 0.120 e. The van der Waals surface area contributed by atoms with Gasteiger partial charge in [-0.2, -0.15) is 0 Å². The van der Waals surface area contributed by atoms with Crippen LogP contribution in [-0.2, 0) is 12.0 Å². The first-order valence-corrected chi connectivity index (χ1v) is 10.8. The Morgan fingerprint density at radius 1 is 0.750 bits per heavy atom. The summed E-state index contributed by atoms with van der Waals surface area (Å²) in [5.41, 5.74) is 4.72. The minimum absolute atomic E-state index is 0.282. The van der Waals surface area contributed by atoms with Gasteiger partial charge in [-0.15, -0.1) is 0 Å². The zero-order valence-corrected chi connectivity index (χ0v) is 18.0. The van der Waals surface area contributed by atoms with Gasteiger partial charge in [-0.05, 0) is 47.9 Å². The van der Waals surface area contributed by atoms with E-state index in [9.17, 15) is 5.11 Å². The van der Waals surface area contributed by atoms with Gasteiger partial charge in [0.25, 0.3) is 0 Å². The average molecular weight is 420 g/mol. The minimum Gasteiger partial charge on any atom is -0.508 e. The molecule has 3 heteroatoms. The fourth-order valence-electron chi connectivity index (χ4n) is 4.46. The molecule has 0 aliphatic heterocycles. The summed E-state index contributed by atoms with van der Waals surface area (Å²) < 4.78 is 5.99. The molecule has 0 unspecified atom stereocenters. The van der Waals surface area contributed by atoms with Crippen LogP contribution in [0.4, 0.5) is 0 Å². The van der Waals surface area contributed by atoms with Crippen LogP contribution in [0.15, 0.2) is 109 Å². The number of phenolic OH excluding ortho intramolecular Hbond substituents is 1. The van der Waals surface area contributed by atoms with Crippen molar-refractivity contribution in [1.29, 1.82) is 0 Å². The predicted octanol–water partition coefficient (Wildman–Crippen LogP) is 6.81. The summed E-state index contributed by atoms with van der Waals surface area (Å²) in [6.07, 6.45) is 2.05. The number of aromatic amines is 1. The van der Waals surface area contributed by atoms with E-state index in [0.717, 1.165) is 38.9 Å². The molecule has 5 aromatic rings. The lowest BCUT2D eigenvalue weighted by molar-refractivity contribution is 0.306. The molecule has 3 nitrogen and oxygen atoms in total. The van der Waals surface area contributed by atoms with Crippen LogP contribution >= 0.6 is 0 Å². The van der Waals surface area contributed by atoms with Gasteiger partial charge in [-0.25, -0.2) is 0 Å². The first-order valence-electron chi connectivity index (χ1n) is 10.8. The van der Waals surface area contributed by atoms with Crippen molar-refractivity contribution in [2.45, 2.75) is 18.9 Å².